The van der Waals surface area contributed by atoms with E-state index in [9.17, 15) is 15.3 Å². The van der Waals surface area contributed by atoms with Gasteiger partial charge in [0.1, 0.15) is 5.75 Å². The Morgan fingerprint density at radius 3 is 2.20 bits per heavy atom. The van der Waals surface area contributed by atoms with Crippen LogP contribution in [0.5, 0.6) is 17.2 Å². The van der Waals surface area contributed by atoms with E-state index in [2.05, 4.69) is 10.6 Å². The minimum Gasteiger partial charge on any atom is -0.508 e. The van der Waals surface area contributed by atoms with Gasteiger partial charge >= 0.3 is 0 Å². The van der Waals surface area contributed by atoms with Gasteiger partial charge in [0.25, 0.3) is 0 Å². The quantitative estimate of drug-likeness (QED) is 0.153. The molecule has 1 aliphatic carbocycles. The van der Waals surface area contributed by atoms with E-state index in [1.165, 1.54) is 70.8 Å². The summed E-state index contributed by atoms with van der Waals surface area (Å²) in [6.07, 6.45) is 15.7. The summed E-state index contributed by atoms with van der Waals surface area (Å²) in [5, 5.41) is 37.2. The topological polar surface area (TPSA) is 84.8 Å². The Morgan fingerprint density at radius 1 is 0.714 bits per heavy atom. The van der Waals surface area contributed by atoms with Crippen LogP contribution in [-0.2, 0) is 19.3 Å². The van der Waals surface area contributed by atoms with Crippen LogP contribution >= 0.6 is 0 Å². The first-order chi connectivity index (χ1) is 17.1. The summed E-state index contributed by atoms with van der Waals surface area (Å²) < 4.78 is 0. The lowest BCUT2D eigenvalue weighted by Crippen LogP contribution is -2.21. The molecule has 2 aromatic rings. The zero-order chi connectivity index (χ0) is 24.7. The number of benzene rings is 2. The minimum atomic E-state index is -0.0731. The third kappa shape index (κ3) is 10.1. The molecule has 5 heteroatoms. The molecule has 0 aromatic heterocycles. The molecule has 5 nitrogen and oxygen atoms in total. The predicted octanol–water partition coefficient (Wildman–Crippen LogP) is 5.84. The number of hydrogen-bond acceptors (Lipinski definition) is 5. The van der Waals surface area contributed by atoms with E-state index in [0.29, 0.717) is 12.8 Å². The Balaban J connectivity index is 1.25. The van der Waals surface area contributed by atoms with Crippen LogP contribution in [0.15, 0.2) is 36.4 Å². The molecule has 0 atom stereocenters. The second-order valence-electron chi connectivity index (χ2n) is 10.2. The van der Waals surface area contributed by atoms with Gasteiger partial charge in [-0.2, -0.15) is 0 Å². The average molecular weight is 483 g/mol. The third-order valence-electron chi connectivity index (χ3n) is 7.42. The van der Waals surface area contributed by atoms with E-state index in [1.807, 2.05) is 18.2 Å². The van der Waals surface area contributed by atoms with Crippen LogP contribution in [0.4, 0.5) is 0 Å². The summed E-state index contributed by atoms with van der Waals surface area (Å²) in [5.74, 6) is 1.13. The maximum Gasteiger partial charge on any atom is 0.160 e. The Bertz CT molecular complexity index is 865. The summed E-state index contributed by atoms with van der Waals surface area (Å²) in [4.78, 5) is 0. The van der Waals surface area contributed by atoms with Crippen molar-refractivity contribution in [2.45, 2.75) is 83.5 Å². The monoisotopic (exact) mass is 482 g/mol. The van der Waals surface area contributed by atoms with E-state index in [4.69, 9.17) is 0 Å². The first-order valence-electron chi connectivity index (χ1n) is 13.9. The van der Waals surface area contributed by atoms with Gasteiger partial charge in [-0.25, -0.2) is 0 Å². The Labute approximate surface area is 212 Å². The fourth-order valence-corrected chi connectivity index (χ4v) is 5.27. The van der Waals surface area contributed by atoms with Gasteiger partial charge in [-0.1, -0.05) is 63.1 Å². The van der Waals surface area contributed by atoms with Gasteiger partial charge in [-0.3, -0.25) is 0 Å². The van der Waals surface area contributed by atoms with Crippen LogP contribution in [0.1, 0.15) is 80.9 Å². The number of rotatable bonds is 16. The van der Waals surface area contributed by atoms with E-state index < -0.39 is 0 Å². The van der Waals surface area contributed by atoms with Gasteiger partial charge in [0.2, 0.25) is 0 Å². The third-order valence-corrected chi connectivity index (χ3v) is 7.42. The molecule has 35 heavy (non-hydrogen) atoms. The molecule has 3 rings (SSSR count). The Morgan fingerprint density at radius 2 is 1.46 bits per heavy atom. The highest BCUT2D eigenvalue weighted by molar-refractivity contribution is 5.49. The number of aromatic hydroxyl groups is 3. The second-order valence-corrected chi connectivity index (χ2v) is 10.2. The zero-order valence-corrected chi connectivity index (χ0v) is 21.4. The van der Waals surface area contributed by atoms with Gasteiger partial charge in [0.05, 0.1) is 0 Å². The van der Waals surface area contributed by atoms with Crippen molar-refractivity contribution < 1.29 is 15.3 Å². The summed E-state index contributed by atoms with van der Waals surface area (Å²) in [5.41, 5.74) is 2.87. The predicted molar refractivity (Wildman–Crippen MR) is 144 cm³/mol. The number of phenols is 3. The van der Waals surface area contributed by atoms with Crippen molar-refractivity contribution in [3.63, 3.8) is 0 Å². The molecule has 0 amide bonds. The van der Waals surface area contributed by atoms with Crippen molar-refractivity contribution in [3.05, 3.63) is 53.1 Å². The normalized spacial score (nSPS) is 14.4. The molecule has 0 saturated heterocycles. The van der Waals surface area contributed by atoms with Gasteiger partial charge in [0, 0.05) is 5.56 Å². The molecule has 0 bridgehead atoms. The lowest BCUT2D eigenvalue weighted by atomic mass is 9.87. The molecule has 0 unspecified atom stereocenters. The molecule has 1 aliphatic rings. The fourth-order valence-electron chi connectivity index (χ4n) is 5.27. The molecule has 2 aromatic carbocycles. The fraction of sp³-hybridized carbons (Fsp3) is 0.600. The van der Waals surface area contributed by atoms with Gasteiger partial charge < -0.3 is 26.0 Å². The summed E-state index contributed by atoms with van der Waals surface area (Å²) in [7, 11) is 0. The number of hydrogen-bond donors (Lipinski definition) is 5. The van der Waals surface area contributed by atoms with Crippen LogP contribution in [-0.4, -0.2) is 41.5 Å². The van der Waals surface area contributed by atoms with Crippen LogP contribution in [0.2, 0.25) is 0 Å². The maximum atomic E-state index is 10.4. The SMILES string of the molecule is Oc1cccc(CCc2c(CCNCCCCCCNCCC3CCCCC3)ccc(O)c2O)c1. The minimum absolute atomic E-state index is 0.0185. The molecule has 0 aliphatic heterocycles. The molecular formula is C30H46N2O3. The van der Waals surface area contributed by atoms with Crippen molar-refractivity contribution in [3.8, 4) is 17.2 Å². The van der Waals surface area contributed by atoms with Crippen molar-refractivity contribution >= 4 is 0 Å². The van der Waals surface area contributed by atoms with Crippen LogP contribution in [0, 0.1) is 5.92 Å². The second kappa shape index (κ2) is 15.7. The number of phenolic OH excluding ortho intramolecular Hbond substituents is 3. The number of unbranched alkanes of at least 4 members (excludes halogenated alkanes) is 3. The van der Waals surface area contributed by atoms with Crippen LogP contribution < -0.4 is 10.6 Å². The highest BCUT2D eigenvalue weighted by atomic mass is 16.3. The highest BCUT2D eigenvalue weighted by Gasteiger charge is 2.13. The highest BCUT2D eigenvalue weighted by Crippen LogP contribution is 2.33. The Kier molecular flexibility index (Phi) is 12.3. The number of aryl methyl sites for hydroxylation is 1. The summed E-state index contributed by atoms with van der Waals surface area (Å²) >= 11 is 0. The van der Waals surface area contributed by atoms with Crippen molar-refractivity contribution in [2.24, 2.45) is 5.92 Å². The van der Waals surface area contributed by atoms with E-state index >= 15 is 0 Å². The first kappa shape index (κ1) is 27.3. The first-order valence-corrected chi connectivity index (χ1v) is 13.9. The van der Waals surface area contributed by atoms with Gasteiger partial charge in [0.15, 0.2) is 11.5 Å². The van der Waals surface area contributed by atoms with Crippen LogP contribution in [0.25, 0.3) is 0 Å². The smallest absolute Gasteiger partial charge is 0.160 e. The zero-order valence-electron chi connectivity index (χ0n) is 21.4. The molecule has 1 fully saturated rings. The van der Waals surface area contributed by atoms with Gasteiger partial charge in [-0.15, -0.1) is 0 Å². The largest absolute Gasteiger partial charge is 0.508 e. The Hall–Kier alpha value is -2.24. The molecule has 0 heterocycles. The molecule has 1 saturated carbocycles. The summed E-state index contributed by atoms with van der Waals surface area (Å²) in [6.45, 7) is 4.20. The van der Waals surface area contributed by atoms with Crippen molar-refractivity contribution in [1.82, 2.24) is 10.6 Å². The average Bonchev–Trinajstić information content (AvgIpc) is 2.87. The van der Waals surface area contributed by atoms with Crippen LogP contribution in [0.3, 0.4) is 0 Å². The molecule has 5 N–H and O–H groups in total. The van der Waals surface area contributed by atoms with E-state index in [-0.39, 0.29) is 17.2 Å². The van der Waals surface area contributed by atoms with Crippen molar-refractivity contribution in [2.75, 3.05) is 26.2 Å². The molecule has 194 valence electrons. The molecule has 0 radical (unpaired) electrons. The molecule has 0 spiro atoms. The summed E-state index contributed by atoms with van der Waals surface area (Å²) in [6, 6.07) is 10.7. The lowest BCUT2D eigenvalue weighted by molar-refractivity contribution is 0.333. The van der Waals surface area contributed by atoms with E-state index in [1.54, 1.807) is 18.2 Å². The molecular weight excluding hydrogens is 436 g/mol. The lowest BCUT2D eigenvalue weighted by Gasteiger charge is -2.21. The standard InChI is InChI=1S/C30H46N2O3/c33-27-12-8-11-25(23-27)13-15-28-26(14-16-29(34)30(28)35)18-22-32-20-7-2-1-6-19-31-21-17-24-9-4-3-5-10-24/h8,11-12,14,16,23-24,31-35H,1-7,9-10,13,15,17-22H2. The number of nitrogens with one attached hydrogen (secondary N) is 2. The van der Waals surface area contributed by atoms with Gasteiger partial charge in [-0.05, 0) is 99.9 Å². The van der Waals surface area contributed by atoms with Crippen molar-refractivity contribution in [1.29, 1.82) is 0 Å². The van der Waals surface area contributed by atoms with E-state index in [0.717, 1.165) is 48.7 Å². The maximum absolute atomic E-state index is 10.4.